The van der Waals surface area contributed by atoms with Crippen molar-refractivity contribution in [3.8, 4) is 11.3 Å². The van der Waals surface area contributed by atoms with Crippen molar-refractivity contribution in [2.24, 2.45) is 5.92 Å². The summed E-state index contributed by atoms with van der Waals surface area (Å²) in [6, 6.07) is 6.22. The van der Waals surface area contributed by atoms with E-state index in [2.05, 4.69) is 23.9 Å². The van der Waals surface area contributed by atoms with Gasteiger partial charge in [-0.2, -0.15) is 0 Å². The molecule has 1 amide bonds. The van der Waals surface area contributed by atoms with Gasteiger partial charge in [0, 0.05) is 38.2 Å². The number of hydrogen-bond acceptors (Lipinski definition) is 5. The second-order valence-corrected chi connectivity index (χ2v) is 7.73. The fraction of sp³-hybridized carbons (Fsp3) is 0.565. The summed E-state index contributed by atoms with van der Waals surface area (Å²) < 4.78 is 24.5. The van der Waals surface area contributed by atoms with Crippen molar-refractivity contribution in [1.29, 1.82) is 0 Å². The van der Waals surface area contributed by atoms with E-state index in [1.807, 2.05) is 4.90 Å². The number of amides is 1. The number of carbonyl (C=O) groups is 1. The molecule has 2 aromatic rings. The van der Waals surface area contributed by atoms with E-state index >= 15 is 0 Å². The fourth-order valence-corrected chi connectivity index (χ4v) is 4.13. The maximum absolute atomic E-state index is 13.5. The lowest BCUT2D eigenvalue weighted by molar-refractivity contribution is -0.136. The Bertz CT molecular complexity index is 812. The zero-order chi connectivity index (χ0) is 21.5. The van der Waals surface area contributed by atoms with Gasteiger partial charge in [0.15, 0.2) is 0 Å². The highest BCUT2D eigenvalue weighted by Gasteiger charge is 2.30. The molecule has 3 rings (SSSR count). The number of rotatable bonds is 10. The van der Waals surface area contributed by atoms with Crippen LogP contribution in [0.3, 0.4) is 0 Å². The number of methoxy groups -OCH3 is 1. The van der Waals surface area contributed by atoms with Crippen molar-refractivity contribution >= 4 is 11.8 Å². The van der Waals surface area contributed by atoms with E-state index < -0.39 is 0 Å². The zero-order valence-electron chi connectivity index (χ0n) is 18.2. The predicted octanol–water partition coefficient (Wildman–Crippen LogP) is 4.49. The average molecular weight is 418 g/mol. The van der Waals surface area contributed by atoms with Crippen molar-refractivity contribution in [2.75, 3.05) is 38.3 Å². The number of hydrogen-bond donors (Lipinski definition) is 0. The molecule has 0 N–H and O–H groups in total. The van der Waals surface area contributed by atoms with Crippen LogP contribution in [0.15, 0.2) is 28.8 Å². The standard InChI is InChI=1S/C23H32FN3O3/c1-4-26(5-2)23-20(21(25-30-23)17-10-12-19(24)13-11-17)16-27(14-15-29-3)22(28)18-8-6-7-9-18/h10-13,18H,4-9,14-16H2,1-3H3. The second kappa shape index (κ2) is 10.6. The Balaban J connectivity index is 1.97. The number of carbonyl (C=O) groups excluding carboxylic acids is 1. The maximum atomic E-state index is 13.5. The number of anilines is 1. The molecule has 1 aromatic heterocycles. The summed E-state index contributed by atoms with van der Waals surface area (Å²) in [5.41, 5.74) is 2.28. The molecule has 0 saturated heterocycles. The van der Waals surface area contributed by atoms with E-state index in [4.69, 9.17) is 9.26 Å². The molecule has 0 atom stereocenters. The average Bonchev–Trinajstić information content (AvgIpc) is 3.43. The van der Waals surface area contributed by atoms with Crippen LogP contribution < -0.4 is 4.90 Å². The molecule has 0 unspecified atom stereocenters. The van der Waals surface area contributed by atoms with Crippen molar-refractivity contribution in [3.05, 3.63) is 35.6 Å². The second-order valence-electron chi connectivity index (χ2n) is 7.73. The number of ether oxygens (including phenoxy) is 1. The zero-order valence-corrected chi connectivity index (χ0v) is 18.2. The van der Waals surface area contributed by atoms with Crippen LogP contribution in [-0.2, 0) is 16.1 Å². The summed E-state index contributed by atoms with van der Waals surface area (Å²) in [4.78, 5) is 17.2. The molecule has 6 nitrogen and oxygen atoms in total. The fourth-order valence-electron chi connectivity index (χ4n) is 4.13. The van der Waals surface area contributed by atoms with Crippen LogP contribution in [0.4, 0.5) is 10.3 Å². The highest BCUT2D eigenvalue weighted by molar-refractivity contribution is 5.80. The van der Waals surface area contributed by atoms with Gasteiger partial charge in [0.25, 0.3) is 0 Å². The normalized spacial score (nSPS) is 14.3. The molecular formula is C23H32FN3O3. The smallest absolute Gasteiger partial charge is 0.232 e. The number of nitrogens with zero attached hydrogens (tertiary/aromatic N) is 3. The Morgan fingerprint density at radius 3 is 2.47 bits per heavy atom. The Morgan fingerprint density at radius 2 is 1.87 bits per heavy atom. The number of aromatic nitrogens is 1. The first-order chi connectivity index (χ1) is 14.6. The van der Waals surface area contributed by atoms with E-state index in [-0.39, 0.29) is 17.6 Å². The Labute approximate surface area is 178 Å². The molecule has 0 aliphatic heterocycles. The van der Waals surface area contributed by atoms with Crippen molar-refractivity contribution in [2.45, 2.75) is 46.1 Å². The Kier molecular flexibility index (Phi) is 7.85. The lowest BCUT2D eigenvalue weighted by Gasteiger charge is -2.27. The van der Waals surface area contributed by atoms with Gasteiger partial charge in [-0.1, -0.05) is 18.0 Å². The van der Waals surface area contributed by atoms with E-state index in [1.54, 1.807) is 19.2 Å². The summed E-state index contributed by atoms with van der Waals surface area (Å²) in [5.74, 6) is 0.612. The monoisotopic (exact) mass is 417 g/mol. The first-order valence-corrected chi connectivity index (χ1v) is 10.9. The summed E-state index contributed by atoms with van der Waals surface area (Å²) >= 11 is 0. The van der Waals surface area contributed by atoms with Gasteiger partial charge in [0.2, 0.25) is 11.8 Å². The van der Waals surface area contributed by atoms with Gasteiger partial charge in [0.1, 0.15) is 11.5 Å². The van der Waals surface area contributed by atoms with Gasteiger partial charge in [-0.3, -0.25) is 4.79 Å². The van der Waals surface area contributed by atoms with Crippen LogP contribution in [0.25, 0.3) is 11.3 Å². The third kappa shape index (κ3) is 5.01. The molecule has 0 radical (unpaired) electrons. The molecule has 7 heteroatoms. The minimum absolute atomic E-state index is 0.0768. The van der Waals surface area contributed by atoms with Crippen molar-refractivity contribution in [1.82, 2.24) is 10.1 Å². The number of halogens is 1. The quantitative estimate of drug-likeness (QED) is 0.570. The molecule has 30 heavy (non-hydrogen) atoms. The summed E-state index contributed by atoms with van der Waals surface area (Å²) in [5, 5.41) is 4.31. The van der Waals surface area contributed by atoms with Gasteiger partial charge in [-0.25, -0.2) is 4.39 Å². The summed E-state index contributed by atoms with van der Waals surface area (Å²) in [6.07, 6.45) is 4.10. The van der Waals surface area contributed by atoms with Gasteiger partial charge >= 0.3 is 0 Å². The highest BCUT2D eigenvalue weighted by atomic mass is 19.1. The topological polar surface area (TPSA) is 58.8 Å². The minimum Gasteiger partial charge on any atom is -0.383 e. The van der Waals surface area contributed by atoms with Crippen LogP contribution in [-0.4, -0.2) is 49.3 Å². The largest absolute Gasteiger partial charge is 0.383 e. The lowest BCUT2D eigenvalue weighted by atomic mass is 10.0. The molecule has 0 spiro atoms. The third-order valence-corrected chi connectivity index (χ3v) is 5.87. The van der Waals surface area contributed by atoms with Gasteiger partial charge in [0.05, 0.1) is 18.7 Å². The molecule has 1 aliphatic carbocycles. The van der Waals surface area contributed by atoms with Gasteiger partial charge in [-0.15, -0.1) is 0 Å². The SMILES string of the molecule is CCN(CC)c1onc(-c2ccc(F)cc2)c1CN(CCOC)C(=O)C1CCCC1. The van der Waals surface area contributed by atoms with E-state index in [1.165, 1.54) is 12.1 Å². The van der Waals surface area contributed by atoms with Crippen LogP contribution in [0.1, 0.15) is 45.1 Å². The predicted molar refractivity (Wildman–Crippen MR) is 115 cm³/mol. The van der Waals surface area contributed by atoms with Crippen LogP contribution >= 0.6 is 0 Å². The molecule has 164 valence electrons. The van der Waals surface area contributed by atoms with Crippen molar-refractivity contribution in [3.63, 3.8) is 0 Å². The minimum atomic E-state index is -0.300. The Morgan fingerprint density at radius 1 is 1.20 bits per heavy atom. The molecule has 1 fully saturated rings. The summed E-state index contributed by atoms with van der Waals surface area (Å²) in [7, 11) is 1.64. The molecular weight excluding hydrogens is 385 g/mol. The van der Waals surface area contributed by atoms with Crippen molar-refractivity contribution < 1.29 is 18.4 Å². The van der Waals surface area contributed by atoms with Gasteiger partial charge in [-0.05, 0) is 51.0 Å². The highest BCUT2D eigenvalue weighted by Crippen LogP contribution is 2.34. The molecule has 1 aromatic carbocycles. The van der Waals surface area contributed by atoms with Crippen LogP contribution in [0, 0.1) is 11.7 Å². The van der Waals surface area contributed by atoms with Crippen LogP contribution in [0.5, 0.6) is 0 Å². The number of benzene rings is 1. The summed E-state index contributed by atoms with van der Waals surface area (Å²) in [6.45, 7) is 7.00. The first-order valence-electron chi connectivity index (χ1n) is 10.9. The lowest BCUT2D eigenvalue weighted by Crippen LogP contribution is -2.37. The molecule has 0 bridgehead atoms. The third-order valence-electron chi connectivity index (χ3n) is 5.87. The van der Waals surface area contributed by atoms with Gasteiger partial charge < -0.3 is 19.1 Å². The van der Waals surface area contributed by atoms with E-state index in [0.717, 1.165) is 49.9 Å². The molecule has 1 heterocycles. The molecule has 1 aliphatic rings. The van der Waals surface area contributed by atoms with E-state index in [9.17, 15) is 9.18 Å². The van der Waals surface area contributed by atoms with Crippen LogP contribution in [0.2, 0.25) is 0 Å². The maximum Gasteiger partial charge on any atom is 0.232 e. The van der Waals surface area contributed by atoms with E-state index in [0.29, 0.717) is 31.3 Å². The Hall–Kier alpha value is -2.41. The molecule has 1 saturated carbocycles. The first kappa shape index (κ1) is 22.3.